The second kappa shape index (κ2) is 6.07. The molecule has 94 valence electrons. The third kappa shape index (κ3) is 3.78. The lowest BCUT2D eigenvalue weighted by molar-refractivity contribution is 0.252. The summed E-state index contributed by atoms with van der Waals surface area (Å²) in [6.07, 6.45) is 4.10. The Labute approximate surface area is 110 Å². The predicted octanol–water partition coefficient (Wildman–Crippen LogP) is 2.43. The summed E-state index contributed by atoms with van der Waals surface area (Å²) in [4.78, 5) is 18.6. The van der Waals surface area contributed by atoms with E-state index in [2.05, 4.69) is 20.6 Å². The fourth-order valence-corrected chi connectivity index (χ4v) is 1.56. The highest BCUT2D eigenvalue weighted by Gasteiger charge is 2.01. The van der Waals surface area contributed by atoms with Crippen molar-refractivity contribution >= 4 is 23.3 Å². The number of H-pyrrole nitrogens is 1. The zero-order valence-corrected chi connectivity index (χ0v) is 10.4. The maximum atomic E-state index is 11.5. The van der Waals surface area contributed by atoms with E-state index in [0.29, 0.717) is 23.7 Å². The fraction of sp³-hybridized carbons (Fsp3) is 0.167. The fourth-order valence-electron chi connectivity index (χ4n) is 1.44. The number of aromatic nitrogens is 2. The van der Waals surface area contributed by atoms with E-state index in [-0.39, 0.29) is 6.03 Å². The minimum atomic E-state index is -0.246. The van der Waals surface area contributed by atoms with Crippen LogP contribution in [-0.4, -0.2) is 22.5 Å². The van der Waals surface area contributed by atoms with E-state index in [1.165, 1.54) is 0 Å². The van der Waals surface area contributed by atoms with Crippen molar-refractivity contribution in [3.8, 4) is 0 Å². The highest BCUT2D eigenvalue weighted by Crippen LogP contribution is 2.12. The number of hydrogen-bond acceptors (Lipinski definition) is 2. The Bertz CT molecular complexity index is 495. The van der Waals surface area contributed by atoms with Gasteiger partial charge in [0.05, 0.1) is 0 Å². The van der Waals surface area contributed by atoms with Crippen LogP contribution < -0.4 is 10.6 Å². The topological polar surface area (TPSA) is 69.8 Å². The molecule has 0 spiro atoms. The Morgan fingerprint density at radius 3 is 2.78 bits per heavy atom. The Morgan fingerprint density at radius 1 is 1.33 bits per heavy atom. The molecule has 0 aliphatic rings. The Balaban J connectivity index is 1.73. The maximum absolute atomic E-state index is 11.5. The summed E-state index contributed by atoms with van der Waals surface area (Å²) in [6.45, 7) is 0.521. The number of amides is 2. The Morgan fingerprint density at radius 2 is 2.11 bits per heavy atom. The SMILES string of the molecule is O=C(NCCc1ncc[nH]1)Nc1ccc(Cl)cc1. The van der Waals surface area contributed by atoms with E-state index >= 15 is 0 Å². The molecule has 0 radical (unpaired) electrons. The van der Waals surface area contributed by atoms with Gasteiger partial charge in [-0.3, -0.25) is 0 Å². The van der Waals surface area contributed by atoms with Gasteiger partial charge in [-0.1, -0.05) is 11.6 Å². The van der Waals surface area contributed by atoms with Crippen molar-refractivity contribution in [2.75, 3.05) is 11.9 Å². The first-order valence-electron chi connectivity index (χ1n) is 5.53. The number of benzene rings is 1. The monoisotopic (exact) mass is 264 g/mol. The van der Waals surface area contributed by atoms with Crippen LogP contribution in [0.4, 0.5) is 10.5 Å². The van der Waals surface area contributed by atoms with Crippen LogP contribution in [0.15, 0.2) is 36.7 Å². The lowest BCUT2D eigenvalue weighted by Crippen LogP contribution is -2.30. The number of nitrogens with one attached hydrogen (secondary N) is 3. The van der Waals surface area contributed by atoms with Gasteiger partial charge in [0.1, 0.15) is 5.82 Å². The first-order chi connectivity index (χ1) is 8.74. The molecule has 6 heteroatoms. The molecule has 0 unspecified atom stereocenters. The van der Waals surface area contributed by atoms with Gasteiger partial charge in [-0.15, -0.1) is 0 Å². The average molecular weight is 265 g/mol. The third-order valence-corrected chi connectivity index (χ3v) is 2.56. The standard InChI is InChI=1S/C12H13ClN4O/c13-9-1-3-10(4-2-9)17-12(18)16-6-5-11-14-7-8-15-11/h1-4,7-8H,5-6H2,(H,14,15)(H2,16,17,18). The molecule has 0 bridgehead atoms. The number of nitrogens with zero attached hydrogens (tertiary/aromatic N) is 1. The lowest BCUT2D eigenvalue weighted by atomic mass is 10.3. The van der Waals surface area contributed by atoms with Crippen molar-refractivity contribution in [2.24, 2.45) is 0 Å². The largest absolute Gasteiger partial charge is 0.349 e. The molecular formula is C12H13ClN4O. The van der Waals surface area contributed by atoms with Gasteiger partial charge in [0, 0.05) is 36.1 Å². The van der Waals surface area contributed by atoms with Gasteiger partial charge >= 0.3 is 6.03 Å². The third-order valence-electron chi connectivity index (χ3n) is 2.30. The van der Waals surface area contributed by atoms with Gasteiger partial charge in [0.2, 0.25) is 0 Å². The van der Waals surface area contributed by atoms with Crippen molar-refractivity contribution < 1.29 is 4.79 Å². The number of anilines is 1. The Hall–Kier alpha value is -2.01. The number of rotatable bonds is 4. The van der Waals surface area contributed by atoms with Crippen LogP contribution in [0.1, 0.15) is 5.82 Å². The van der Waals surface area contributed by atoms with Crippen LogP contribution in [-0.2, 0) is 6.42 Å². The molecule has 1 aromatic carbocycles. The summed E-state index contributed by atoms with van der Waals surface area (Å²) in [5.41, 5.74) is 0.704. The van der Waals surface area contributed by atoms with E-state index in [0.717, 1.165) is 5.82 Å². The second-order valence-corrected chi connectivity index (χ2v) is 4.11. The smallest absolute Gasteiger partial charge is 0.319 e. The number of imidazole rings is 1. The summed E-state index contributed by atoms with van der Waals surface area (Å²) >= 11 is 5.75. The second-order valence-electron chi connectivity index (χ2n) is 3.67. The molecule has 0 aliphatic carbocycles. The van der Waals surface area contributed by atoms with Gasteiger partial charge in [-0.25, -0.2) is 9.78 Å². The van der Waals surface area contributed by atoms with Gasteiger partial charge in [-0.2, -0.15) is 0 Å². The molecule has 0 saturated heterocycles. The minimum absolute atomic E-state index is 0.246. The highest BCUT2D eigenvalue weighted by molar-refractivity contribution is 6.30. The van der Waals surface area contributed by atoms with Crippen LogP contribution in [0.2, 0.25) is 5.02 Å². The van der Waals surface area contributed by atoms with Crippen molar-refractivity contribution in [3.63, 3.8) is 0 Å². The zero-order chi connectivity index (χ0) is 12.8. The van der Waals surface area contributed by atoms with Gasteiger partial charge in [-0.05, 0) is 24.3 Å². The van der Waals surface area contributed by atoms with E-state index < -0.39 is 0 Å². The molecule has 0 fully saturated rings. The number of carbonyl (C=O) groups is 1. The molecule has 5 nitrogen and oxygen atoms in total. The molecule has 0 atom stereocenters. The van der Waals surface area contributed by atoms with E-state index in [1.807, 2.05) is 0 Å². The predicted molar refractivity (Wildman–Crippen MR) is 70.8 cm³/mol. The Kier molecular flexibility index (Phi) is 4.20. The summed E-state index contributed by atoms with van der Waals surface area (Å²) in [5, 5.41) is 6.09. The zero-order valence-electron chi connectivity index (χ0n) is 9.61. The molecule has 2 aromatic rings. The molecule has 2 amide bonds. The quantitative estimate of drug-likeness (QED) is 0.794. The van der Waals surface area contributed by atoms with Crippen LogP contribution in [0.5, 0.6) is 0 Å². The molecule has 2 rings (SSSR count). The number of urea groups is 1. The molecule has 1 heterocycles. The van der Waals surface area contributed by atoms with Gasteiger partial charge < -0.3 is 15.6 Å². The molecule has 0 aliphatic heterocycles. The molecule has 0 saturated carbocycles. The van der Waals surface area contributed by atoms with Crippen molar-refractivity contribution in [1.82, 2.24) is 15.3 Å². The van der Waals surface area contributed by atoms with Crippen LogP contribution in [0.3, 0.4) is 0 Å². The van der Waals surface area contributed by atoms with Crippen LogP contribution in [0, 0.1) is 0 Å². The van der Waals surface area contributed by atoms with Gasteiger partial charge in [0.15, 0.2) is 0 Å². The summed E-state index contributed by atoms with van der Waals surface area (Å²) in [5.74, 6) is 0.849. The van der Waals surface area contributed by atoms with Crippen LogP contribution in [0.25, 0.3) is 0 Å². The first-order valence-corrected chi connectivity index (χ1v) is 5.90. The molecule has 1 aromatic heterocycles. The summed E-state index contributed by atoms with van der Waals surface area (Å²) in [7, 11) is 0. The van der Waals surface area contributed by atoms with E-state index in [1.54, 1.807) is 36.7 Å². The maximum Gasteiger partial charge on any atom is 0.319 e. The number of hydrogen-bond donors (Lipinski definition) is 3. The molecule has 3 N–H and O–H groups in total. The summed E-state index contributed by atoms with van der Waals surface area (Å²) in [6, 6.07) is 6.69. The van der Waals surface area contributed by atoms with E-state index in [4.69, 9.17) is 11.6 Å². The number of carbonyl (C=O) groups excluding carboxylic acids is 1. The normalized spacial score (nSPS) is 10.1. The number of halogens is 1. The first kappa shape index (κ1) is 12.4. The minimum Gasteiger partial charge on any atom is -0.349 e. The van der Waals surface area contributed by atoms with Crippen LogP contribution >= 0.6 is 11.6 Å². The van der Waals surface area contributed by atoms with Crippen molar-refractivity contribution in [1.29, 1.82) is 0 Å². The highest BCUT2D eigenvalue weighted by atomic mass is 35.5. The number of aromatic amines is 1. The van der Waals surface area contributed by atoms with Gasteiger partial charge in [0.25, 0.3) is 0 Å². The van der Waals surface area contributed by atoms with E-state index in [9.17, 15) is 4.79 Å². The van der Waals surface area contributed by atoms with Crippen molar-refractivity contribution in [3.05, 3.63) is 47.5 Å². The molecule has 18 heavy (non-hydrogen) atoms. The van der Waals surface area contributed by atoms with Crippen molar-refractivity contribution in [2.45, 2.75) is 6.42 Å². The summed E-state index contributed by atoms with van der Waals surface area (Å²) < 4.78 is 0. The lowest BCUT2D eigenvalue weighted by Gasteiger charge is -2.06. The average Bonchev–Trinajstić information content (AvgIpc) is 2.85. The molecular weight excluding hydrogens is 252 g/mol.